The number of nitrogens with zero attached hydrogens (tertiary/aromatic N) is 1. The van der Waals surface area contributed by atoms with Crippen LogP contribution in [0.25, 0.3) is 10.9 Å². The molecule has 0 saturated heterocycles. The second-order valence-corrected chi connectivity index (χ2v) is 6.27. The molecule has 1 aromatic carbocycles. The molecule has 0 unspecified atom stereocenters. The summed E-state index contributed by atoms with van der Waals surface area (Å²) in [5, 5.41) is 1.30. The summed E-state index contributed by atoms with van der Waals surface area (Å²) < 4.78 is 0. The molecular formula is C17H20N2O. The van der Waals surface area contributed by atoms with Crippen LogP contribution in [0.1, 0.15) is 36.1 Å². The summed E-state index contributed by atoms with van der Waals surface area (Å²) in [4.78, 5) is 18.0. The van der Waals surface area contributed by atoms with E-state index in [9.17, 15) is 4.79 Å². The molecule has 1 aromatic heterocycles. The molecule has 1 aliphatic heterocycles. The van der Waals surface area contributed by atoms with E-state index in [1.165, 1.54) is 34.1 Å². The SMILES string of the molecule is Cc1ccc2[nH]c3c(c2c1)CN(C(=O)C1CCC1)CC3. The zero-order valence-electron chi connectivity index (χ0n) is 11.9. The predicted octanol–water partition coefficient (Wildman–Crippen LogP) is 3.16. The van der Waals surface area contributed by atoms with E-state index in [1.54, 1.807) is 0 Å². The fourth-order valence-electron chi connectivity index (χ4n) is 3.43. The average Bonchev–Trinajstić information content (AvgIpc) is 2.74. The van der Waals surface area contributed by atoms with Crippen LogP contribution >= 0.6 is 0 Å². The second kappa shape index (κ2) is 4.37. The molecule has 0 bridgehead atoms. The topological polar surface area (TPSA) is 36.1 Å². The van der Waals surface area contributed by atoms with Crippen molar-refractivity contribution in [3.8, 4) is 0 Å². The van der Waals surface area contributed by atoms with Crippen molar-refractivity contribution in [1.29, 1.82) is 0 Å². The van der Waals surface area contributed by atoms with Gasteiger partial charge in [0.1, 0.15) is 0 Å². The lowest BCUT2D eigenvalue weighted by Gasteiger charge is -2.34. The summed E-state index contributed by atoms with van der Waals surface area (Å²) in [5.74, 6) is 0.687. The normalized spacial score (nSPS) is 18.9. The average molecular weight is 268 g/mol. The first kappa shape index (κ1) is 12.0. The van der Waals surface area contributed by atoms with E-state index < -0.39 is 0 Å². The molecule has 2 aliphatic rings. The van der Waals surface area contributed by atoms with Gasteiger partial charge in [-0.05, 0) is 31.9 Å². The minimum absolute atomic E-state index is 0.309. The third kappa shape index (κ3) is 1.76. The van der Waals surface area contributed by atoms with Gasteiger partial charge in [-0.15, -0.1) is 0 Å². The number of H-pyrrole nitrogens is 1. The van der Waals surface area contributed by atoms with Crippen molar-refractivity contribution in [3.63, 3.8) is 0 Å². The highest BCUT2D eigenvalue weighted by Gasteiger charge is 2.32. The number of hydrogen-bond acceptors (Lipinski definition) is 1. The van der Waals surface area contributed by atoms with Crippen LogP contribution < -0.4 is 0 Å². The minimum Gasteiger partial charge on any atom is -0.358 e. The van der Waals surface area contributed by atoms with Crippen LogP contribution in [0, 0.1) is 12.8 Å². The highest BCUT2D eigenvalue weighted by atomic mass is 16.2. The molecule has 104 valence electrons. The van der Waals surface area contributed by atoms with E-state index in [2.05, 4.69) is 35.0 Å². The first-order valence-electron chi connectivity index (χ1n) is 7.61. The van der Waals surface area contributed by atoms with Crippen molar-refractivity contribution in [3.05, 3.63) is 35.0 Å². The first-order valence-corrected chi connectivity index (χ1v) is 7.61. The number of fused-ring (bicyclic) bond motifs is 3. The molecular weight excluding hydrogens is 248 g/mol. The Labute approximate surface area is 119 Å². The van der Waals surface area contributed by atoms with Crippen LogP contribution in [-0.2, 0) is 17.8 Å². The van der Waals surface area contributed by atoms with Crippen molar-refractivity contribution in [1.82, 2.24) is 9.88 Å². The molecule has 2 heterocycles. The predicted molar refractivity (Wildman–Crippen MR) is 79.5 cm³/mol. The van der Waals surface area contributed by atoms with Gasteiger partial charge in [-0.1, -0.05) is 18.1 Å². The largest absolute Gasteiger partial charge is 0.358 e. The lowest BCUT2D eigenvalue weighted by atomic mass is 9.84. The Morgan fingerprint density at radius 3 is 2.95 bits per heavy atom. The molecule has 4 rings (SSSR count). The van der Waals surface area contributed by atoms with Gasteiger partial charge in [0.05, 0.1) is 0 Å². The molecule has 20 heavy (non-hydrogen) atoms. The zero-order valence-corrected chi connectivity index (χ0v) is 11.9. The van der Waals surface area contributed by atoms with Crippen molar-refractivity contribution in [2.75, 3.05) is 6.54 Å². The maximum atomic E-state index is 12.4. The third-order valence-electron chi connectivity index (χ3n) is 4.90. The number of amides is 1. The summed E-state index contributed by atoms with van der Waals surface area (Å²) in [5.41, 5.74) is 5.14. The van der Waals surface area contributed by atoms with E-state index in [4.69, 9.17) is 0 Å². The molecule has 1 saturated carbocycles. The van der Waals surface area contributed by atoms with Crippen LogP contribution in [0.5, 0.6) is 0 Å². The summed E-state index contributed by atoms with van der Waals surface area (Å²) >= 11 is 0. The standard InChI is InChI=1S/C17H20N2O/c1-11-5-6-15-13(9-11)14-10-19(8-7-16(14)18-15)17(20)12-3-2-4-12/h5-6,9,12,18H,2-4,7-8,10H2,1H3. The highest BCUT2D eigenvalue weighted by molar-refractivity contribution is 5.87. The van der Waals surface area contributed by atoms with Gasteiger partial charge in [-0.25, -0.2) is 0 Å². The Morgan fingerprint density at radius 1 is 1.35 bits per heavy atom. The third-order valence-corrected chi connectivity index (χ3v) is 4.90. The molecule has 1 aliphatic carbocycles. The van der Waals surface area contributed by atoms with E-state index in [0.29, 0.717) is 11.8 Å². The summed E-state index contributed by atoms with van der Waals surface area (Å²) in [7, 11) is 0. The Hall–Kier alpha value is -1.77. The molecule has 1 amide bonds. The smallest absolute Gasteiger partial charge is 0.225 e. The van der Waals surface area contributed by atoms with Crippen LogP contribution in [-0.4, -0.2) is 22.3 Å². The number of carbonyl (C=O) groups excluding carboxylic acids is 1. The van der Waals surface area contributed by atoms with Gasteiger partial charge in [0.15, 0.2) is 0 Å². The number of aromatic nitrogens is 1. The molecule has 0 spiro atoms. The lowest BCUT2D eigenvalue weighted by Crippen LogP contribution is -2.41. The Kier molecular flexibility index (Phi) is 2.62. The van der Waals surface area contributed by atoms with Gasteiger partial charge >= 0.3 is 0 Å². The van der Waals surface area contributed by atoms with E-state index in [1.807, 2.05) is 0 Å². The van der Waals surface area contributed by atoms with Gasteiger partial charge in [0.2, 0.25) is 5.91 Å². The molecule has 0 atom stereocenters. The van der Waals surface area contributed by atoms with Crippen LogP contribution in [0.4, 0.5) is 0 Å². The first-order chi connectivity index (χ1) is 9.72. The maximum absolute atomic E-state index is 12.4. The molecule has 3 heteroatoms. The zero-order chi connectivity index (χ0) is 13.7. The van der Waals surface area contributed by atoms with Gasteiger partial charge in [0, 0.05) is 47.6 Å². The fraction of sp³-hybridized carbons (Fsp3) is 0.471. The summed E-state index contributed by atoms with van der Waals surface area (Å²) in [6.45, 7) is 3.78. The van der Waals surface area contributed by atoms with E-state index in [-0.39, 0.29) is 0 Å². The lowest BCUT2D eigenvalue weighted by molar-refractivity contribution is -0.139. The van der Waals surface area contributed by atoms with Crippen LogP contribution in [0.2, 0.25) is 0 Å². The number of rotatable bonds is 1. The van der Waals surface area contributed by atoms with Crippen molar-refractivity contribution < 1.29 is 4.79 Å². The van der Waals surface area contributed by atoms with Gasteiger partial charge < -0.3 is 9.88 Å². The van der Waals surface area contributed by atoms with Crippen molar-refractivity contribution in [2.45, 2.75) is 39.2 Å². The molecule has 1 N–H and O–H groups in total. The van der Waals surface area contributed by atoms with E-state index in [0.717, 1.165) is 32.4 Å². The number of benzene rings is 1. The van der Waals surface area contributed by atoms with Gasteiger partial charge in [0.25, 0.3) is 0 Å². The molecule has 3 nitrogen and oxygen atoms in total. The van der Waals surface area contributed by atoms with Crippen LogP contribution in [0.3, 0.4) is 0 Å². The molecule has 1 fully saturated rings. The Balaban J connectivity index is 1.68. The number of aryl methyl sites for hydroxylation is 1. The van der Waals surface area contributed by atoms with Gasteiger partial charge in [-0.3, -0.25) is 4.79 Å². The fourth-order valence-corrected chi connectivity index (χ4v) is 3.43. The van der Waals surface area contributed by atoms with Crippen molar-refractivity contribution >= 4 is 16.8 Å². The molecule has 0 radical (unpaired) electrons. The summed E-state index contributed by atoms with van der Waals surface area (Å²) in [6, 6.07) is 6.53. The monoisotopic (exact) mass is 268 g/mol. The minimum atomic E-state index is 0.309. The van der Waals surface area contributed by atoms with Gasteiger partial charge in [-0.2, -0.15) is 0 Å². The maximum Gasteiger partial charge on any atom is 0.225 e. The van der Waals surface area contributed by atoms with Crippen LogP contribution in [0.15, 0.2) is 18.2 Å². The molecule has 2 aromatic rings. The second-order valence-electron chi connectivity index (χ2n) is 6.27. The Morgan fingerprint density at radius 2 is 2.20 bits per heavy atom. The quantitative estimate of drug-likeness (QED) is 0.847. The number of aromatic amines is 1. The summed E-state index contributed by atoms with van der Waals surface area (Å²) in [6.07, 6.45) is 4.37. The number of hydrogen-bond donors (Lipinski definition) is 1. The number of nitrogens with one attached hydrogen (secondary N) is 1. The highest BCUT2D eigenvalue weighted by Crippen LogP contribution is 2.32. The Bertz CT molecular complexity index is 682. The number of carbonyl (C=O) groups is 1. The van der Waals surface area contributed by atoms with Crippen molar-refractivity contribution in [2.24, 2.45) is 5.92 Å². The van der Waals surface area contributed by atoms with E-state index >= 15 is 0 Å².